The quantitative estimate of drug-likeness (QED) is 0.941. The van der Waals surface area contributed by atoms with Gasteiger partial charge in [-0.05, 0) is 28.1 Å². The number of carbonyl (C=O) groups is 1. The van der Waals surface area contributed by atoms with Gasteiger partial charge in [0.15, 0.2) is 0 Å². The summed E-state index contributed by atoms with van der Waals surface area (Å²) in [5.74, 6) is -0.275. The van der Waals surface area contributed by atoms with Crippen LogP contribution in [0.25, 0.3) is 11.4 Å². The molecule has 0 radical (unpaired) electrons. The molecule has 2 rings (SSSR count). The maximum Gasteiger partial charge on any atom is 0.309 e. The van der Waals surface area contributed by atoms with Crippen molar-refractivity contribution in [3.63, 3.8) is 0 Å². The van der Waals surface area contributed by atoms with Crippen molar-refractivity contribution in [3.8, 4) is 11.4 Å². The van der Waals surface area contributed by atoms with E-state index in [-0.39, 0.29) is 6.42 Å². The number of halogens is 2. The van der Waals surface area contributed by atoms with Gasteiger partial charge in [0.2, 0.25) is 0 Å². The Morgan fingerprint density at radius 2 is 2.17 bits per heavy atom. The second-order valence-electron chi connectivity index (χ2n) is 3.78. The van der Waals surface area contributed by atoms with Gasteiger partial charge in [0.05, 0.1) is 17.1 Å². The Morgan fingerprint density at radius 3 is 2.78 bits per heavy atom. The Labute approximate surface area is 117 Å². The average molecular weight is 330 g/mol. The van der Waals surface area contributed by atoms with E-state index in [4.69, 9.17) is 16.7 Å². The van der Waals surface area contributed by atoms with Crippen molar-refractivity contribution in [2.75, 3.05) is 0 Å². The topological polar surface area (TPSA) is 55.1 Å². The van der Waals surface area contributed by atoms with Crippen molar-refractivity contribution in [2.24, 2.45) is 7.05 Å². The number of carboxylic acid groups (broad SMARTS) is 1. The lowest BCUT2D eigenvalue weighted by Crippen LogP contribution is -2.01. The molecule has 1 aromatic carbocycles. The largest absolute Gasteiger partial charge is 0.481 e. The fourth-order valence-corrected chi connectivity index (χ4v) is 2.29. The zero-order valence-corrected chi connectivity index (χ0v) is 11.9. The van der Waals surface area contributed by atoms with E-state index in [1.165, 1.54) is 0 Å². The molecule has 0 atom stereocenters. The lowest BCUT2D eigenvalue weighted by Gasteiger charge is -2.04. The summed E-state index contributed by atoms with van der Waals surface area (Å²) in [6.45, 7) is 0. The molecule has 6 heteroatoms. The van der Waals surface area contributed by atoms with Crippen LogP contribution >= 0.6 is 27.5 Å². The highest BCUT2D eigenvalue weighted by Gasteiger charge is 2.17. The SMILES string of the molecule is Cn1c(-c2ccccc2Cl)nc(CC(=O)O)c1Br. The predicted molar refractivity (Wildman–Crippen MR) is 72.7 cm³/mol. The molecule has 0 unspecified atom stereocenters. The van der Waals surface area contributed by atoms with Crippen LogP contribution in [0.15, 0.2) is 28.9 Å². The van der Waals surface area contributed by atoms with Crippen molar-refractivity contribution < 1.29 is 9.90 Å². The molecule has 1 aromatic heterocycles. The van der Waals surface area contributed by atoms with Crippen molar-refractivity contribution in [1.29, 1.82) is 0 Å². The number of hydrogen-bond acceptors (Lipinski definition) is 2. The summed E-state index contributed by atoms with van der Waals surface area (Å²) in [5, 5.41) is 9.40. The van der Waals surface area contributed by atoms with Crippen molar-refractivity contribution in [3.05, 3.63) is 39.6 Å². The Kier molecular flexibility index (Phi) is 3.73. The third kappa shape index (κ3) is 2.42. The molecule has 4 nitrogen and oxygen atoms in total. The van der Waals surface area contributed by atoms with E-state index in [1.54, 1.807) is 17.7 Å². The number of aliphatic carboxylic acids is 1. The molecular formula is C12H10BrClN2O2. The molecular weight excluding hydrogens is 320 g/mol. The molecule has 0 spiro atoms. The van der Waals surface area contributed by atoms with Crippen molar-refractivity contribution >= 4 is 33.5 Å². The predicted octanol–water partition coefficient (Wildman–Crippen LogP) is 3.13. The second kappa shape index (κ2) is 5.12. The van der Waals surface area contributed by atoms with Crippen LogP contribution in [-0.2, 0) is 18.3 Å². The van der Waals surface area contributed by atoms with Crippen LogP contribution in [0.1, 0.15) is 5.69 Å². The summed E-state index contributed by atoms with van der Waals surface area (Å²) < 4.78 is 2.43. The first-order chi connectivity index (χ1) is 8.50. The first kappa shape index (κ1) is 13.1. The minimum absolute atomic E-state index is 0.126. The van der Waals surface area contributed by atoms with Gasteiger partial charge in [-0.2, -0.15) is 0 Å². The number of benzene rings is 1. The van der Waals surface area contributed by atoms with Gasteiger partial charge in [-0.25, -0.2) is 4.98 Å². The highest BCUT2D eigenvalue weighted by Crippen LogP contribution is 2.30. The fraction of sp³-hybridized carbons (Fsp3) is 0.167. The van der Waals surface area contributed by atoms with E-state index in [0.29, 0.717) is 21.1 Å². The standard InChI is InChI=1S/C12H10BrClN2O2/c1-16-11(13)9(6-10(17)18)15-12(16)7-4-2-3-5-8(7)14/h2-5H,6H2,1H3,(H,17,18). The molecule has 18 heavy (non-hydrogen) atoms. The normalized spacial score (nSPS) is 10.6. The number of rotatable bonds is 3. The number of hydrogen-bond donors (Lipinski definition) is 1. The lowest BCUT2D eigenvalue weighted by molar-refractivity contribution is -0.136. The number of nitrogens with zero attached hydrogens (tertiary/aromatic N) is 2. The van der Waals surface area contributed by atoms with Gasteiger partial charge in [-0.3, -0.25) is 4.79 Å². The summed E-state index contributed by atoms with van der Waals surface area (Å²) >= 11 is 9.46. The lowest BCUT2D eigenvalue weighted by atomic mass is 10.2. The number of aromatic nitrogens is 2. The van der Waals surface area contributed by atoms with Gasteiger partial charge in [-0.1, -0.05) is 23.7 Å². The van der Waals surface area contributed by atoms with E-state index >= 15 is 0 Å². The minimum Gasteiger partial charge on any atom is -0.481 e. The third-order valence-electron chi connectivity index (χ3n) is 2.52. The summed E-state index contributed by atoms with van der Waals surface area (Å²) in [5.41, 5.74) is 1.26. The van der Waals surface area contributed by atoms with Gasteiger partial charge in [0.25, 0.3) is 0 Å². The highest BCUT2D eigenvalue weighted by atomic mass is 79.9. The van der Waals surface area contributed by atoms with Gasteiger partial charge in [0, 0.05) is 12.6 Å². The Balaban J connectivity index is 2.53. The van der Waals surface area contributed by atoms with Crippen LogP contribution in [-0.4, -0.2) is 20.6 Å². The first-order valence-electron chi connectivity index (χ1n) is 5.18. The van der Waals surface area contributed by atoms with Crippen LogP contribution in [0.5, 0.6) is 0 Å². The molecule has 2 aromatic rings. The molecule has 0 aliphatic heterocycles. The van der Waals surface area contributed by atoms with Crippen LogP contribution in [0.2, 0.25) is 5.02 Å². The molecule has 0 aliphatic carbocycles. The first-order valence-corrected chi connectivity index (χ1v) is 6.35. The van der Waals surface area contributed by atoms with E-state index in [2.05, 4.69) is 20.9 Å². The van der Waals surface area contributed by atoms with Crippen LogP contribution in [0, 0.1) is 0 Å². The van der Waals surface area contributed by atoms with Gasteiger partial charge >= 0.3 is 5.97 Å². The summed E-state index contributed by atoms with van der Waals surface area (Å²) in [6, 6.07) is 7.32. The maximum atomic E-state index is 10.7. The zero-order chi connectivity index (χ0) is 13.3. The Hall–Kier alpha value is -1.33. The third-order valence-corrected chi connectivity index (χ3v) is 3.84. The molecule has 0 saturated carbocycles. The van der Waals surface area contributed by atoms with Gasteiger partial charge in [-0.15, -0.1) is 0 Å². The molecule has 1 heterocycles. The van der Waals surface area contributed by atoms with Crippen molar-refractivity contribution in [1.82, 2.24) is 9.55 Å². The van der Waals surface area contributed by atoms with Crippen LogP contribution < -0.4 is 0 Å². The van der Waals surface area contributed by atoms with Gasteiger partial charge in [0.1, 0.15) is 10.4 Å². The molecule has 0 amide bonds. The van der Waals surface area contributed by atoms with Crippen LogP contribution in [0.4, 0.5) is 0 Å². The maximum absolute atomic E-state index is 10.7. The second-order valence-corrected chi connectivity index (χ2v) is 4.94. The number of carboxylic acids is 1. The monoisotopic (exact) mass is 328 g/mol. The van der Waals surface area contributed by atoms with E-state index in [0.717, 1.165) is 5.56 Å². The Bertz CT molecular complexity index is 610. The smallest absolute Gasteiger partial charge is 0.309 e. The van der Waals surface area contributed by atoms with Gasteiger partial charge < -0.3 is 9.67 Å². The van der Waals surface area contributed by atoms with E-state index < -0.39 is 5.97 Å². The minimum atomic E-state index is -0.917. The molecule has 0 aliphatic rings. The average Bonchev–Trinajstić information content (AvgIpc) is 2.58. The molecule has 0 bridgehead atoms. The highest BCUT2D eigenvalue weighted by molar-refractivity contribution is 9.10. The van der Waals surface area contributed by atoms with Crippen molar-refractivity contribution in [2.45, 2.75) is 6.42 Å². The number of imidazole rings is 1. The Morgan fingerprint density at radius 1 is 1.50 bits per heavy atom. The fourth-order valence-electron chi connectivity index (χ4n) is 1.67. The van der Waals surface area contributed by atoms with E-state index in [1.807, 2.05) is 18.2 Å². The summed E-state index contributed by atoms with van der Waals surface area (Å²) in [4.78, 5) is 15.1. The molecule has 0 fully saturated rings. The summed E-state index contributed by atoms with van der Waals surface area (Å²) in [7, 11) is 1.81. The molecule has 1 N–H and O–H groups in total. The summed E-state index contributed by atoms with van der Waals surface area (Å²) in [6.07, 6.45) is -0.126. The van der Waals surface area contributed by atoms with Crippen LogP contribution in [0.3, 0.4) is 0 Å². The zero-order valence-electron chi connectivity index (χ0n) is 9.52. The van der Waals surface area contributed by atoms with E-state index in [9.17, 15) is 4.79 Å². The molecule has 0 saturated heterocycles. The molecule has 94 valence electrons.